The molecule has 1 amide bonds. The molecule has 1 aliphatic rings. The highest BCUT2D eigenvalue weighted by molar-refractivity contribution is 8.00. The topological polar surface area (TPSA) is 49.3 Å². The summed E-state index contributed by atoms with van der Waals surface area (Å²) in [4.78, 5) is 13.0. The molecule has 0 radical (unpaired) electrons. The van der Waals surface area contributed by atoms with Gasteiger partial charge in [-0.15, -0.1) is 23.5 Å². The second-order valence-corrected chi connectivity index (χ2v) is 7.48. The summed E-state index contributed by atoms with van der Waals surface area (Å²) in [5.41, 5.74) is 0.844. The molecule has 1 aromatic rings. The molecule has 116 valence electrons. The molecular formula is C16H23NO2S2. The largest absolute Gasteiger partial charge is 0.387 e. The summed E-state index contributed by atoms with van der Waals surface area (Å²) in [6.07, 6.45) is 6.45. The summed E-state index contributed by atoms with van der Waals surface area (Å²) >= 11 is 3.42. The molecule has 1 fully saturated rings. The smallest absolute Gasteiger partial charge is 0.230 e. The predicted molar refractivity (Wildman–Crippen MR) is 90.9 cm³/mol. The number of carbonyl (C=O) groups is 1. The lowest BCUT2D eigenvalue weighted by Gasteiger charge is -2.13. The van der Waals surface area contributed by atoms with E-state index < -0.39 is 6.10 Å². The third-order valence-electron chi connectivity index (χ3n) is 3.75. The number of nitrogens with one attached hydrogen (secondary N) is 1. The lowest BCUT2D eigenvalue weighted by Crippen LogP contribution is -2.30. The Hall–Kier alpha value is -0.650. The minimum atomic E-state index is -0.638. The maximum absolute atomic E-state index is 11.8. The molecule has 1 saturated carbocycles. The van der Waals surface area contributed by atoms with Crippen LogP contribution in [0.5, 0.6) is 0 Å². The van der Waals surface area contributed by atoms with Gasteiger partial charge in [-0.05, 0) is 36.8 Å². The van der Waals surface area contributed by atoms with Gasteiger partial charge in [-0.25, -0.2) is 0 Å². The van der Waals surface area contributed by atoms with Crippen LogP contribution in [0, 0.1) is 0 Å². The van der Waals surface area contributed by atoms with Gasteiger partial charge < -0.3 is 10.4 Å². The van der Waals surface area contributed by atoms with Gasteiger partial charge in [-0.2, -0.15) is 0 Å². The van der Waals surface area contributed by atoms with E-state index in [0.29, 0.717) is 11.0 Å². The molecule has 0 saturated heterocycles. The van der Waals surface area contributed by atoms with E-state index in [-0.39, 0.29) is 12.5 Å². The molecule has 1 aliphatic carbocycles. The summed E-state index contributed by atoms with van der Waals surface area (Å²) in [5, 5.41) is 13.6. The van der Waals surface area contributed by atoms with E-state index in [0.717, 1.165) is 5.56 Å². The van der Waals surface area contributed by atoms with Crippen molar-refractivity contribution in [2.24, 2.45) is 0 Å². The second-order valence-electron chi connectivity index (χ2n) is 5.31. The van der Waals surface area contributed by atoms with Gasteiger partial charge in [-0.3, -0.25) is 4.79 Å². The fraction of sp³-hybridized carbons (Fsp3) is 0.562. The van der Waals surface area contributed by atoms with Gasteiger partial charge in [0, 0.05) is 16.7 Å². The lowest BCUT2D eigenvalue weighted by atomic mass is 10.1. The minimum absolute atomic E-state index is 0.0201. The Kier molecular flexibility index (Phi) is 6.93. The fourth-order valence-electron chi connectivity index (χ4n) is 2.45. The van der Waals surface area contributed by atoms with Crippen LogP contribution in [0.25, 0.3) is 0 Å². The van der Waals surface area contributed by atoms with Crippen molar-refractivity contribution in [2.45, 2.75) is 41.9 Å². The van der Waals surface area contributed by atoms with Crippen LogP contribution in [0.4, 0.5) is 0 Å². The van der Waals surface area contributed by atoms with Gasteiger partial charge in [0.25, 0.3) is 0 Å². The van der Waals surface area contributed by atoms with Crippen molar-refractivity contribution in [2.75, 3.05) is 18.6 Å². The molecule has 0 aromatic heterocycles. The van der Waals surface area contributed by atoms with Crippen LogP contribution < -0.4 is 5.32 Å². The molecule has 1 unspecified atom stereocenters. The Morgan fingerprint density at radius 2 is 2.00 bits per heavy atom. The van der Waals surface area contributed by atoms with Gasteiger partial charge >= 0.3 is 0 Å². The number of thioether (sulfide) groups is 2. The van der Waals surface area contributed by atoms with Crippen LogP contribution >= 0.6 is 23.5 Å². The van der Waals surface area contributed by atoms with E-state index in [1.54, 1.807) is 23.5 Å². The molecular weight excluding hydrogens is 302 g/mol. The van der Waals surface area contributed by atoms with Crippen molar-refractivity contribution in [3.8, 4) is 0 Å². The van der Waals surface area contributed by atoms with E-state index in [4.69, 9.17) is 0 Å². The molecule has 5 heteroatoms. The third kappa shape index (κ3) is 5.57. The summed E-state index contributed by atoms with van der Waals surface area (Å²) in [5.74, 6) is 0.523. The molecule has 0 aliphatic heterocycles. The first-order valence-corrected chi connectivity index (χ1v) is 9.66. The lowest BCUT2D eigenvalue weighted by molar-refractivity contribution is -0.119. The molecule has 21 heavy (non-hydrogen) atoms. The molecule has 0 heterocycles. The zero-order valence-corrected chi connectivity index (χ0v) is 14.0. The number of aliphatic hydroxyl groups excluding tert-OH is 1. The third-order valence-corrected chi connectivity index (χ3v) is 5.86. The van der Waals surface area contributed by atoms with Crippen molar-refractivity contribution in [3.05, 3.63) is 29.8 Å². The number of hydrogen-bond acceptors (Lipinski definition) is 4. The fourth-order valence-corrected chi connectivity index (χ4v) is 4.02. The number of benzene rings is 1. The Morgan fingerprint density at radius 3 is 2.62 bits per heavy atom. The number of amides is 1. The summed E-state index contributed by atoms with van der Waals surface area (Å²) < 4.78 is 0. The van der Waals surface area contributed by atoms with E-state index in [1.165, 1.54) is 30.6 Å². The molecule has 0 spiro atoms. The van der Waals surface area contributed by atoms with Crippen molar-refractivity contribution >= 4 is 29.4 Å². The Balaban J connectivity index is 1.69. The first-order valence-electron chi connectivity index (χ1n) is 7.39. The van der Waals surface area contributed by atoms with Crippen LogP contribution in [0.3, 0.4) is 0 Å². The maximum atomic E-state index is 11.8. The van der Waals surface area contributed by atoms with Gasteiger partial charge in [0.1, 0.15) is 0 Å². The Morgan fingerprint density at radius 1 is 1.33 bits per heavy atom. The summed E-state index contributed by atoms with van der Waals surface area (Å²) in [6.45, 7) is 0.280. The van der Waals surface area contributed by atoms with E-state index >= 15 is 0 Å². The average Bonchev–Trinajstić information content (AvgIpc) is 3.04. The van der Waals surface area contributed by atoms with E-state index in [1.807, 2.05) is 30.5 Å². The highest BCUT2D eigenvalue weighted by atomic mass is 32.2. The van der Waals surface area contributed by atoms with Crippen molar-refractivity contribution in [3.63, 3.8) is 0 Å². The van der Waals surface area contributed by atoms with Gasteiger partial charge in [0.05, 0.1) is 11.9 Å². The normalized spacial score (nSPS) is 16.9. The zero-order valence-electron chi connectivity index (χ0n) is 12.4. The highest BCUT2D eigenvalue weighted by Crippen LogP contribution is 2.29. The predicted octanol–water partition coefficient (Wildman–Crippen LogP) is 3.23. The van der Waals surface area contributed by atoms with Gasteiger partial charge in [0.2, 0.25) is 5.91 Å². The number of aliphatic hydroxyl groups is 1. The van der Waals surface area contributed by atoms with Crippen LogP contribution in [0.1, 0.15) is 37.4 Å². The molecule has 0 bridgehead atoms. The molecule has 3 nitrogen and oxygen atoms in total. The quantitative estimate of drug-likeness (QED) is 0.756. The van der Waals surface area contributed by atoms with Gasteiger partial charge in [0.15, 0.2) is 0 Å². The van der Waals surface area contributed by atoms with E-state index in [9.17, 15) is 9.90 Å². The SMILES string of the molecule is CSc1ccc(C(O)CNC(=O)CSC2CCCC2)cc1. The maximum Gasteiger partial charge on any atom is 0.230 e. The van der Waals surface area contributed by atoms with Crippen molar-refractivity contribution in [1.82, 2.24) is 5.32 Å². The first-order chi connectivity index (χ1) is 10.2. The first kappa shape index (κ1) is 16.7. The van der Waals surface area contributed by atoms with Crippen LogP contribution in [-0.2, 0) is 4.79 Å². The minimum Gasteiger partial charge on any atom is -0.387 e. The Labute approximate surface area is 135 Å². The van der Waals surface area contributed by atoms with Gasteiger partial charge in [-0.1, -0.05) is 25.0 Å². The summed E-state index contributed by atoms with van der Waals surface area (Å²) in [6, 6.07) is 7.80. The molecule has 1 atom stereocenters. The zero-order chi connectivity index (χ0) is 15.1. The van der Waals surface area contributed by atoms with Crippen molar-refractivity contribution < 1.29 is 9.90 Å². The molecule has 2 N–H and O–H groups in total. The Bertz CT molecular complexity index is 444. The number of carbonyl (C=O) groups excluding carboxylic acids is 1. The van der Waals surface area contributed by atoms with E-state index in [2.05, 4.69) is 5.32 Å². The summed E-state index contributed by atoms with van der Waals surface area (Å²) in [7, 11) is 0. The second kappa shape index (κ2) is 8.71. The van der Waals surface area contributed by atoms with Crippen LogP contribution in [0.2, 0.25) is 0 Å². The highest BCUT2D eigenvalue weighted by Gasteiger charge is 2.17. The van der Waals surface area contributed by atoms with Crippen molar-refractivity contribution in [1.29, 1.82) is 0 Å². The average molecular weight is 325 g/mol. The molecule has 2 rings (SSSR count). The van der Waals surface area contributed by atoms with Crippen LogP contribution in [-0.4, -0.2) is 34.8 Å². The van der Waals surface area contributed by atoms with Crippen LogP contribution in [0.15, 0.2) is 29.2 Å². The molecule has 1 aromatic carbocycles. The standard InChI is InChI=1S/C16H23NO2S2/c1-20-13-8-6-12(7-9-13)15(18)10-17-16(19)11-21-14-4-2-3-5-14/h6-9,14-15,18H,2-5,10-11H2,1H3,(H,17,19). The number of rotatable bonds is 7. The number of hydrogen-bond donors (Lipinski definition) is 2. The monoisotopic (exact) mass is 325 g/mol.